The number of hydrogen-bond acceptors (Lipinski definition) is 5. The van der Waals surface area contributed by atoms with Crippen molar-refractivity contribution >= 4 is 17.6 Å². The van der Waals surface area contributed by atoms with Gasteiger partial charge in [-0.1, -0.05) is 61.9 Å². The Hall–Kier alpha value is -3.41. The number of benzene rings is 2. The fourth-order valence-corrected chi connectivity index (χ4v) is 3.29. The number of amides is 1. The van der Waals surface area contributed by atoms with Crippen molar-refractivity contribution in [2.24, 2.45) is 0 Å². The highest BCUT2D eigenvalue weighted by atomic mass is 16.5. The summed E-state index contributed by atoms with van der Waals surface area (Å²) in [7, 11) is 0. The molecule has 6 nitrogen and oxygen atoms in total. The number of anilines is 1. The molecule has 1 heterocycles. The van der Waals surface area contributed by atoms with Crippen LogP contribution in [0.4, 0.5) is 5.69 Å². The van der Waals surface area contributed by atoms with Gasteiger partial charge in [0, 0.05) is 17.7 Å². The summed E-state index contributed by atoms with van der Waals surface area (Å²) in [4.78, 5) is 29.0. The summed E-state index contributed by atoms with van der Waals surface area (Å²) < 4.78 is 11.1. The molecule has 0 saturated heterocycles. The first-order valence-corrected chi connectivity index (χ1v) is 11.0. The monoisotopic (exact) mass is 434 g/mol. The molecule has 0 fully saturated rings. The van der Waals surface area contributed by atoms with Crippen LogP contribution in [0.25, 0.3) is 11.3 Å². The number of para-hydroxylation sites is 1. The molecule has 2 aromatic carbocycles. The van der Waals surface area contributed by atoms with Crippen molar-refractivity contribution in [3.05, 3.63) is 71.7 Å². The summed E-state index contributed by atoms with van der Waals surface area (Å²) in [6.45, 7) is 7.80. The second kappa shape index (κ2) is 10.8. The molecule has 0 spiro atoms. The number of esters is 1. The Morgan fingerprint density at radius 2 is 1.81 bits per heavy atom. The van der Waals surface area contributed by atoms with Crippen LogP contribution in [0.1, 0.15) is 56.5 Å². The molecule has 0 aliphatic rings. The molecule has 6 heteroatoms. The fraction of sp³-hybridized carbons (Fsp3) is 0.346. The first-order valence-electron chi connectivity index (χ1n) is 11.0. The maximum absolute atomic E-state index is 12.6. The van der Waals surface area contributed by atoms with Crippen molar-refractivity contribution in [1.82, 2.24) is 4.98 Å². The molecule has 0 radical (unpaired) electrons. The number of carbonyl (C=O) groups excluding carboxylic acids is 2. The van der Waals surface area contributed by atoms with E-state index >= 15 is 0 Å². The molecule has 3 aromatic rings. The van der Waals surface area contributed by atoms with Crippen LogP contribution in [0.5, 0.6) is 0 Å². The van der Waals surface area contributed by atoms with Crippen LogP contribution >= 0.6 is 0 Å². The third kappa shape index (κ3) is 6.06. The van der Waals surface area contributed by atoms with E-state index in [-0.39, 0.29) is 12.3 Å². The highest BCUT2D eigenvalue weighted by Crippen LogP contribution is 2.26. The largest absolute Gasteiger partial charge is 0.453 e. The Morgan fingerprint density at radius 1 is 1.09 bits per heavy atom. The van der Waals surface area contributed by atoms with Crippen molar-refractivity contribution in [1.29, 1.82) is 0 Å². The number of hydrogen-bond donors (Lipinski definition) is 1. The quantitative estimate of drug-likeness (QED) is 0.439. The average Bonchev–Trinajstić information content (AvgIpc) is 3.27. The number of aromatic nitrogens is 1. The molecule has 3 rings (SSSR count). The number of ether oxygens (including phenoxy) is 1. The van der Waals surface area contributed by atoms with Gasteiger partial charge < -0.3 is 14.5 Å². The van der Waals surface area contributed by atoms with Gasteiger partial charge in [-0.2, -0.15) is 0 Å². The van der Waals surface area contributed by atoms with Crippen molar-refractivity contribution in [2.45, 2.75) is 59.0 Å². The van der Waals surface area contributed by atoms with Gasteiger partial charge >= 0.3 is 5.97 Å². The van der Waals surface area contributed by atoms with E-state index in [1.54, 1.807) is 13.1 Å². The van der Waals surface area contributed by atoms with E-state index < -0.39 is 12.1 Å². The van der Waals surface area contributed by atoms with Crippen LogP contribution < -0.4 is 5.32 Å². The summed E-state index contributed by atoms with van der Waals surface area (Å²) in [6.07, 6.45) is 2.09. The Labute approximate surface area is 189 Å². The molecule has 0 aliphatic heterocycles. The molecule has 0 saturated carbocycles. The predicted molar refractivity (Wildman–Crippen MR) is 124 cm³/mol. The minimum absolute atomic E-state index is 0.0783. The van der Waals surface area contributed by atoms with E-state index in [0.717, 1.165) is 28.8 Å². The molecule has 1 N–H and O–H groups in total. The minimum atomic E-state index is -0.903. The van der Waals surface area contributed by atoms with Gasteiger partial charge in [-0.05, 0) is 37.8 Å². The fourth-order valence-electron chi connectivity index (χ4n) is 3.29. The van der Waals surface area contributed by atoms with Crippen LogP contribution in [0.2, 0.25) is 0 Å². The van der Waals surface area contributed by atoms with Gasteiger partial charge in [0.1, 0.15) is 0 Å². The molecule has 32 heavy (non-hydrogen) atoms. The lowest BCUT2D eigenvalue weighted by molar-refractivity contribution is -0.153. The molecule has 1 amide bonds. The third-order valence-corrected chi connectivity index (χ3v) is 5.47. The van der Waals surface area contributed by atoms with Gasteiger partial charge in [0.05, 0.1) is 12.6 Å². The van der Waals surface area contributed by atoms with Crippen molar-refractivity contribution in [2.75, 3.05) is 5.32 Å². The zero-order chi connectivity index (χ0) is 23.1. The van der Waals surface area contributed by atoms with E-state index in [1.165, 1.54) is 0 Å². The number of nitrogens with zero attached hydrogens (tertiary/aromatic N) is 1. The second-order valence-electron chi connectivity index (χ2n) is 8.00. The standard InChI is InChI=1S/C26H30N2O4/c1-5-18(3)21-8-6-7-9-22(21)28-26(30)19(4)31-25(29)15-14-24-27-16-23(32-24)20-12-10-17(2)11-13-20/h6-13,16,18-19H,5,14-15H2,1-4H3,(H,28,30). The second-order valence-corrected chi connectivity index (χ2v) is 8.00. The number of nitrogens with one attached hydrogen (secondary N) is 1. The molecule has 168 valence electrons. The molecular weight excluding hydrogens is 404 g/mol. The average molecular weight is 435 g/mol. The smallest absolute Gasteiger partial charge is 0.307 e. The van der Waals surface area contributed by atoms with E-state index in [9.17, 15) is 9.59 Å². The number of aryl methyl sites for hydroxylation is 2. The predicted octanol–water partition coefficient (Wildman–Crippen LogP) is 5.67. The Bertz CT molecular complexity index is 1060. The summed E-state index contributed by atoms with van der Waals surface area (Å²) in [6, 6.07) is 15.6. The Morgan fingerprint density at radius 3 is 2.53 bits per heavy atom. The van der Waals surface area contributed by atoms with Crippen LogP contribution in [0.15, 0.2) is 59.1 Å². The van der Waals surface area contributed by atoms with Gasteiger partial charge in [0.25, 0.3) is 5.91 Å². The van der Waals surface area contributed by atoms with E-state index in [1.807, 2.05) is 55.5 Å². The van der Waals surface area contributed by atoms with Crippen molar-refractivity contribution in [3.8, 4) is 11.3 Å². The highest BCUT2D eigenvalue weighted by molar-refractivity contribution is 5.95. The van der Waals surface area contributed by atoms with Crippen molar-refractivity contribution < 1.29 is 18.7 Å². The van der Waals surface area contributed by atoms with Gasteiger partial charge in [-0.3, -0.25) is 9.59 Å². The van der Waals surface area contributed by atoms with Gasteiger partial charge in [-0.15, -0.1) is 0 Å². The van der Waals surface area contributed by atoms with Gasteiger partial charge in [0.2, 0.25) is 0 Å². The van der Waals surface area contributed by atoms with E-state index in [0.29, 0.717) is 24.0 Å². The van der Waals surface area contributed by atoms with E-state index in [4.69, 9.17) is 9.15 Å². The summed E-state index contributed by atoms with van der Waals surface area (Å²) in [5.74, 6) is 0.595. The van der Waals surface area contributed by atoms with Crippen LogP contribution in [-0.2, 0) is 20.7 Å². The normalized spacial score (nSPS) is 12.8. The molecule has 0 aliphatic carbocycles. The first kappa shape index (κ1) is 23.3. The topological polar surface area (TPSA) is 81.4 Å². The first-order chi connectivity index (χ1) is 15.4. The molecule has 1 aromatic heterocycles. The van der Waals surface area contributed by atoms with Crippen molar-refractivity contribution in [3.63, 3.8) is 0 Å². The number of rotatable bonds is 9. The number of oxazole rings is 1. The van der Waals surface area contributed by atoms with Crippen LogP contribution in [0, 0.1) is 6.92 Å². The van der Waals surface area contributed by atoms with Gasteiger partial charge in [0.15, 0.2) is 17.8 Å². The van der Waals surface area contributed by atoms with Gasteiger partial charge in [-0.25, -0.2) is 4.98 Å². The minimum Gasteiger partial charge on any atom is -0.453 e. The van der Waals surface area contributed by atoms with E-state index in [2.05, 4.69) is 24.1 Å². The molecule has 2 atom stereocenters. The lowest BCUT2D eigenvalue weighted by Crippen LogP contribution is -2.30. The summed E-state index contributed by atoms with van der Waals surface area (Å²) in [5, 5.41) is 2.88. The Kier molecular flexibility index (Phi) is 7.82. The maximum atomic E-state index is 12.6. The lowest BCUT2D eigenvalue weighted by Gasteiger charge is -2.18. The zero-order valence-electron chi connectivity index (χ0n) is 19.1. The summed E-state index contributed by atoms with van der Waals surface area (Å²) >= 11 is 0. The highest BCUT2D eigenvalue weighted by Gasteiger charge is 2.20. The zero-order valence-corrected chi connectivity index (χ0v) is 19.1. The third-order valence-electron chi connectivity index (χ3n) is 5.47. The summed E-state index contributed by atoms with van der Waals surface area (Å²) in [5.41, 5.74) is 3.91. The maximum Gasteiger partial charge on any atom is 0.307 e. The van der Waals surface area contributed by atoms with Crippen LogP contribution in [-0.4, -0.2) is 23.0 Å². The lowest BCUT2D eigenvalue weighted by atomic mass is 9.97. The SMILES string of the molecule is CCC(C)c1ccccc1NC(=O)C(C)OC(=O)CCc1ncc(-c2ccc(C)cc2)o1. The van der Waals surface area contributed by atoms with Crippen LogP contribution in [0.3, 0.4) is 0 Å². The Balaban J connectivity index is 1.51. The number of carbonyl (C=O) groups is 2. The molecule has 0 bridgehead atoms. The molecule has 2 unspecified atom stereocenters. The molecular formula is C26H30N2O4.